The quantitative estimate of drug-likeness (QED) is 0.792. The van der Waals surface area contributed by atoms with Crippen LogP contribution in [0.5, 0.6) is 5.75 Å². The van der Waals surface area contributed by atoms with Crippen molar-refractivity contribution >= 4 is 43.4 Å². The van der Waals surface area contributed by atoms with Crippen molar-refractivity contribution in [3.05, 3.63) is 46.9 Å². The van der Waals surface area contributed by atoms with Crippen molar-refractivity contribution in [2.24, 2.45) is 0 Å². The van der Waals surface area contributed by atoms with E-state index in [9.17, 15) is 13.2 Å². The molecule has 132 valence electrons. The summed E-state index contributed by atoms with van der Waals surface area (Å²) in [5.41, 5.74) is 0.919. The first-order valence-corrected chi connectivity index (χ1v) is 9.59. The van der Waals surface area contributed by atoms with Crippen LogP contribution in [0.3, 0.4) is 0 Å². The molecule has 25 heavy (non-hydrogen) atoms. The second-order valence-corrected chi connectivity index (χ2v) is 7.75. The Hall–Kier alpha value is -2.26. The van der Waals surface area contributed by atoms with Gasteiger partial charge in [-0.25, -0.2) is 13.2 Å². The van der Waals surface area contributed by atoms with E-state index in [1.54, 1.807) is 30.3 Å². The summed E-state index contributed by atoms with van der Waals surface area (Å²) >= 11 is 3.27. The summed E-state index contributed by atoms with van der Waals surface area (Å²) in [6.45, 7) is 0.745. The number of ether oxygens (including phenoxy) is 2. The molecule has 0 unspecified atom stereocenters. The zero-order valence-corrected chi connectivity index (χ0v) is 15.6. The van der Waals surface area contributed by atoms with Crippen molar-refractivity contribution in [2.45, 2.75) is 4.90 Å². The molecule has 1 N–H and O–H groups in total. The van der Waals surface area contributed by atoms with Crippen molar-refractivity contribution in [1.82, 2.24) is 0 Å². The summed E-state index contributed by atoms with van der Waals surface area (Å²) in [6.07, 6.45) is -0.445. The maximum atomic E-state index is 12.6. The summed E-state index contributed by atoms with van der Waals surface area (Å²) in [4.78, 5) is 13.2. The normalized spacial score (nSPS) is 14.3. The first-order chi connectivity index (χ1) is 11.9. The summed E-state index contributed by atoms with van der Waals surface area (Å²) < 4.78 is 38.2. The van der Waals surface area contributed by atoms with Crippen LogP contribution in [0.4, 0.5) is 16.2 Å². The highest BCUT2D eigenvalue weighted by Crippen LogP contribution is 2.29. The van der Waals surface area contributed by atoms with Crippen molar-refractivity contribution in [1.29, 1.82) is 0 Å². The van der Waals surface area contributed by atoms with E-state index in [2.05, 4.69) is 20.7 Å². The highest BCUT2D eigenvalue weighted by molar-refractivity contribution is 9.10. The number of nitrogens with zero attached hydrogens (tertiary/aromatic N) is 1. The van der Waals surface area contributed by atoms with E-state index < -0.39 is 16.1 Å². The summed E-state index contributed by atoms with van der Waals surface area (Å²) in [5.74, 6) is 0.536. The summed E-state index contributed by atoms with van der Waals surface area (Å²) in [5, 5.41) is 0. The molecule has 0 aliphatic carbocycles. The minimum atomic E-state index is -3.78. The second-order valence-electron chi connectivity index (χ2n) is 5.22. The number of methoxy groups -OCH3 is 1. The number of nitrogens with one attached hydrogen (secondary N) is 1. The molecule has 2 aromatic rings. The summed E-state index contributed by atoms with van der Waals surface area (Å²) in [6, 6.07) is 11.1. The van der Waals surface area contributed by atoms with Gasteiger partial charge in [-0.3, -0.25) is 9.62 Å². The molecule has 1 amide bonds. The van der Waals surface area contributed by atoms with Gasteiger partial charge in [-0.2, -0.15) is 0 Å². The minimum absolute atomic E-state index is 0.0890. The van der Waals surface area contributed by atoms with Gasteiger partial charge < -0.3 is 9.47 Å². The van der Waals surface area contributed by atoms with E-state index in [0.717, 1.165) is 0 Å². The Balaban J connectivity index is 1.86. The Kier molecular flexibility index (Phi) is 4.87. The first kappa shape index (κ1) is 17.6. The zero-order chi connectivity index (χ0) is 18.0. The van der Waals surface area contributed by atoms with Crippen LogP contribution in [0.15, 0.2) is 51.8 Å². The van der Waals surface area contributed by atoms with E-state index in [1.165, 1.54) is 24.1 Å². The topological polar surface area (TPSA) is 84.9 Å². The third-order valence-electron chi connectivity index (χ3n) is 3.60. The van der Waals surface area contributed by atoms with Crippen molar-refractivity contribution in [2.75, 3.05) is 29.9 Å². The van der Waals surface area contributed by atoms with Gasteiger partial charge in [-0.05, 0) is 52.3 Å². The lowest BCUT2D eigenvalue weighted by Crippen LogP contribution is -2.23. The van der Waals surface area contributed by atoms with Gasteiger partial charge in [0.25, 0.3) is 10.0 Å². The predicted molar refractivity (Wildman–Crippen MR) is 96.6 cm³/mol. The van der Waals surface area contributed by atoms with Gasteiger partial charge in [-0.1, -0.05) is 6.07 Å². The molecule has 1 aliphatic rings. The molecule has 7 nitrogen and oxygen atoms in total. The third-order valence-corrected chi connectivity index (χ3v) is 5.60. The average Bonchev–Trinajstić information content (AvgIpc) is 3.00. The molecule has 0 saturated carbocycles. The molecule has 0 atom stereocenters. The number of rotatable bonds is 5. The van der Waals surface area contributed by atoms with Crippen LogP contribution in [-0.4, -0.2) is 34.8 Å². The monoisotopic (exact) mass is 426 g/mol. The Labute approximate surface area is 153 Å². The fourth-order valence-corrected chi connectivity index (χ4v) is 4.16. The number of sulfonamides is 1. The van der Waals surface area contributed by atoms with E-state index in [4.69, 9.17) is 9.47 Å². The number of amides is 1. The highest BCUT2D eigenvalue weighted by Gasteiger charge is 2.24. The molecular weight excluding hydrogens is 412 g/mol. The number of halogens is 1. The lowest BCUT2D eigenvalue weighted by Gasteiger charge is -2.15. The van der Waals surface area contributed by atoms with Crippen LogP contribution in [0.2, 0.25) is 0 Å². The number of carbonyl (C=O) groups excluding carboxylic acids is 1. The number of anilines is 2. The van der Waals surface area contributed by atoms with Gasteiger partial charge in [0, 0.05) is 5.69 Å². The van der Waals surface area contributed by atoms with Crippen LogP contribution < -0.4 is 14.4 Å². The van der Waals surface area contributed by atoms with Gasteiger partial charge in [-0.15, -0.1) is 0 Å². The minimum Gasteiger partial charge on any atom is -0.496 e. The number of benzene rings is 2. The van der Waals surface area contributed by atoms with Gasteiger partial charge in [0.15, 0.2) is 0 Å². The molecule has 0 spiro atoms. The Morgan fingerprint density at radius 1 is 1.24 bits per heavy atom. The maximum Gasteiger partial charge on any atom is 0.414 e. The zero-order valence-electron chi connectivity index (χ0n) is 13.2. The molecule has 2 aromatic carbocycles. The smallest absolute Gasteiger partial charge is 0.414 e. The van der Waals surface area contributed by atoms with Crippen molar-refractivity contribution in [3.63, 3.8) is 0 Å². The molecule has 1 saturated heterocycles. The Bertz CT molecular complexity index is 916. The summed E-state index contributed by atoms with van der Waals surface area (Å²) in [7, 11) is -2.28. The maximum absolute atomic E-state index is 12.6. The fraction of sp³-hybridized carbons (Fsp3) is 0.188. The van der Waals surface area contributed by atoms with Crippen molar-refractivity contribution in [3.8, 4) is 5.75 Å². The third kappa shape index (κ3) is 3.72. The number of cyclic esters (lactones) is 1. The van der Waals surface area contributed by atoms with Crippen LogP contribution in [0.25, 0.3) is 0 Å². The standard InChI is InChI=1S/C16H15BrN2O5S/c1-23-15-6-5-13(10-14(15)17)25(21,22)18-11-3-2-4-12(9-11)19-7-8-24-16(19)20/h2-6,9-10,18H,7-8H2,1H3. The van der Waals surface area contributed by atoms with Gasteiger partial charge in [0.1, 0.15) is 12.4 Å². The molecule has 9 heteroatoms. The molecule has 1 aliphatic heterocycles. The van der Waals surface area contributed by atoms with E-state index in [-0.39, 0.29) is 4.90 Å². The lowest BCUT2D eigenvalue weighted by atomic mass is 10.2. The fourth-order valence-electron chi connectivity index (χ4n) is 2.39. The Morgan fingerprint density at radius 3 is 2.68 bits per heavy atom. The van der Waals surface area contributed by atoms with E-state index in [0.29, 0.717) is 34.7 Å². The number of carbonyl (C=O) groups is 1. The highest BCUT2D eigenvalue weighted by atomic mass is 79.9. The van der Waals surface area contributed by atoms with Gasteiger partial charge in [0.2, 0.25) is 0 Å². The molecule has 0 aromatic heterocycles. The van der Waals surface area contributed by atoms with Gasteiger partial charge >= 0.3 is 6.09 Å². The van der Waals surface area contributed by atoms with E-state index >= 15 is 0 Å². The molecule has 1 fully saturated rings. The van der Waals surface area contributed by atoms with Crippen LogP contribution in [-0.2, 0) is 14.8 Å². The molecule has 1 heterocycles. The molecule has 0 radical (unpaired) electrons. The first-order valence-electron chi connectivity index (χ1n) is 7.31. The number of hydrogen-bond donors (Lipinski definition) is 1. The van der Waals surface area contributed by atoms with Crippen molar-refractivity contribution < 1.29 is 22.7 Å². The van der Waals surface area contributed by atoms with E-state index in [1.807, 2.05) is 0 Å². The van der Waals surface area contributed by atoms with Crippen LogP contribution >= 0.6 is 15.9 Å². The predicted octanol–water partition coefficient (Wildman–Crippen LogP) is 3.22. The Morgan fingerprint density at radius 2 is 2.04 bits per heavy atom. The molecular formula is C16H15BrN2O5S. The molecule has 0 bridgehead atoms. The second kappa shape index (κ2) is 6.93. The SMILES string of the molecule is COc1ccc(S(=O)(=O)Nc2cccc(N3CCOC3=O)c2)cc1Br. The number of hydrogen-bond acceptors (Lipinski definition) is 5. The van der Waals surface area contributed by atoms with Gasteiger partial charge in [0.05, 0.1) is 28.7 Å². The van der Waals surface area contributed by atoms with Crippen LogP contribution in [0, 0.1) is 0 Å². The van der Waals surface area contributed by atoms with Crippen LogP contribution in [0.1, 0.15) is 0 Å². The average molecular weight is 427 g/mol. The molecule has 3 rings (SSSR count). The lowest BCUT2D eigenvalue weighted by molar-refractivity contribution is 0.181. The largest absolute Gasteiger partial charge is 0.496 e.